The quantitative estimate of drug-likeness (QED) is 0.846. The first-order valence-corrected chi connectivity index (χ1v) is 7.23. The second kappa shape index (κ2) is 7.48. The zero-order valence-electron chi connectivity index (χ0n) is 13.7. The molecule has 1 aromatic heterocycles. The van der Waals surface area contributed by atoms with Gasteiger partial charge in [-0.25, -0.2) is 4.79 Å². The molecule has 0 bridgehead atoms. The van der Waals surface area contributed by atoms with Crippen LogP contribution in [0, 0.1) is 0 Å². The molecule has 1 heterocycles. The van der Waals surface area contributed by atoms with Crippen molar-refractivity contribution in [1.82, 2.24) is 20.1 Å². The number of rotatable bonds is 6. The van der Waals surface area contributed by atoms with Crippen molar-refractivity contribution in [2.45, 2.75) is 19.9 Å². The number of methoxy groups -OCH3 is 2. The SMILES string of the molecule is CCc1nc(NC(=O)NCc2cc(OC)ccc2OC)nn1C. The van der Waals surface area contributed by atoms with E-state index in [-0.39, 0.29) is 12.0 Å². The highest BCUT2D eigenvalue weighted by Crippen LogP contribution is 2.23. The standard InChI is InChI=1S/C15H21N5O3/c1-5-13-17-14(19-20(13)2)18-15(21)16-9-10-8-11(22-3)6-7-12(10)23-4/h6-8H,5,9H2,1-4H3,(H2,16,18,19,21). The van der Waals surface area contributed by atoms with E-state index in [0.29, 0.717) is 18.0 Å². The van der Waals surface area contributed by atoms with Gasteiger partial charge in [-0.3, -0.25) is 10.00 Å². The largest absolute Gasteiger partial charge is 0.497 e. The lowest BCUT2D eigenvalue weighted by molar-refractivity contribution is 0.251. The minimum Gasteiger partial charge on any atom is -0.497 e. The second-order valence-electron chi connectivity index (χ2n) is 4.81. The lowest BCUT2D eigenvalue weighted by Gasteiger charge is -2.11. The van der Waals surface area contributed by atoms with E-state index in [1.807, 2.05) is 13.0 Å². The van der Waals surface area contributed by atoms with E-state index in [9.17, 15) is 4.79 Å². The minimum absolute atomic E-state index is 0.277. The van der Waals surface area contributed by atoms with E-state index >= 15 is 0 Å². The van der Waals surface area contributed by atoms with E-state index in [4.69, 9.17) is 9.47 Å². The van der Waals surface area contributed by atoms with Crippen LogP contribution in [-0.4, -0.2) is 35.0 Å². The molecule has 0 aliphatic heterocycles. The van der Waals surface area contributed by atoms with E-state index in [1.165, 1.54) is 0 Å². The van der Waals surface area contributed by atoms with Gasteiger partial charge in [-0.15, -0.1) is 5.10 Å². The number of amides is 2. The zero-order valence-corrected chi connectivity index (χ0v) is 13.7. The van der Waals surface area contributed by atoms with Crippen LogP contribution in [0.5, 0.6) is 11.5 Å². The second-order valence-corrected chi connectivity index (χ2v) is 4.81. The number of anilines is 1. The van der Waals surface area contributed by atoms with E-state index in [0.717, 1.165) is 17.8 Å². The van der Waals surface area contributed by atoms with Gasteiger partial charge in [-0.2, -0.15) is 4.98 Å². The van der Waals surface area contributed by atoms with Gasteiger partial charge < -0.3 is 14.8 Å². The molecule has 0 spiro atoms. The van der Waals surface area contributed by atoms with Crippen molar-refractivity contribution in [3.8, 4) is 11.5 Å². The Morgan fingerprint density at radius 2 is 2.09 bits per heavy atom. The molecule has 2 amide bonds. The summed E-state index contributed by atoms with van der Waals surface area (Å²) < 4.78 is 12.1. The predicted octanol–water partition coefficient (Wildman–Crippen LogP) is 1.72. The molecular formula is C15H21N5O3. The van der Waals surface area contributed by atoms with Crippen molar-refractivity contribution in [2.24, 2.45) is 7.05 Å². The molecule has 0 unspecified atom stereocenters. The Balaban J connectivity index is 1.98. The van der Waals surface area contributed by atoms with E-state index in [1.54, 1.807) is 38.1 Å². The Labute approximate surface area is 134 Å². The predicted molar refractivity (Wildman–Crippen MR) is 85.8 cm³/mol. The highest BCUT2D eigenvalue weighted by atomic mass is 16.5. The number of hydrogen-bond donors (Lipinski definition) is 2. The Morgan fingerprint density at radius 1 is 1.30 bits per heavy atom. The van der Waals surface area contributed by atoms with Gasteiger partial charge in [0.05, 0.1) is 14.2 Å². The number of hydrogen-bond acceptors (Lipinski definition) is 5. The molecule has 0 aliphatic rings. The Hall–Kier alpha value is -2.77. The molecule has 8 heteroatoms. The molecule has 0 saturated carbocycles. The highest BCUT2D eigenvalue weighted by molar-refractivity contribution is 5.87. The Bertz CT molecular complexity index is 684. The average molecular weight is 319 g/mol. The molecule has 1 aromatic carbocycles. The summed E-state index contributed by atoms with van der Waals surface area (Å²) in [4.78, 5) is 16.2. The van der Waals surface area contributed by atoms with Gasteiger partial charge in [-0.1, -0.05) is 6.92 Å². The van der Waals surface area contributed by atoms with E-state index in [2.05, 4.69) is 20.7 Å². The topological polar surface area (TPSA) is 90.3 Å². The molecule has 0 aliphatic carbocycles. The lowest BCUT2D eigenvalue weighted by Crippen LogP contribution is -2.28. The minimum atomic E-state index is -0.386. The van der Waals surface area contributed by atoms with Gasteiger partial charge in [0, 0.05) is 25.6 Å². The first-order chi connectivity index (χ1) is 11.1. The van der Waals surface area contributed by atoms with Crippen LogP contribution in [0.2, 0.25) is 0 Å². The van der Waals surface area contributed by atoms with Gasteiger partial charge in [0.15, 0.2) is 0 Å². The molecule has 0 radical (unpaired) electrons. The summed E-state index contributed by atoms with van der Waals surface area (Å²) in [5.74, 6) is 2.45. The maximum atomic E-state index is 12.0. The van der Waals surface area contributed by atoms with Crippen molar-refractivity contribution in [1.29, 1.82) is 0 Å². The van der Waals surface area contributed by atoms with Crippen LogP contribution in [0.15, 0.2) is 18.2 Å². The lowest BCUT2D eigenvalue weighted by atomic mass is 10.2. The molecule has 2 N–H and O–H groups in total. The van der Waals surface area contributed by atoms with E-state index < -0.39 is 0 Å². The number of nitrogens with zero attached hydrogens (tertiary/aromatic N) is 3. The normalized spacial score (nSPS) is 10.3. The van der Waals surface area contributed by atoms with Crippen molar-refractivity contribution in [2.75, 3.05) is 19.5 Å². The van der Waals surface area contributed by atoms with Crippen molar-refractivity contribution in [3.05, 3.63) is 29.6 Å². The summed E-state index contributed by atoms with van der Waals surface area (Å²) in [5.41, 5.74) is 0.810. The van der Waals surface area contributed by atoms with Crippen LogP contribution in [0.4, 0.5) is 10.7 Å². The molecule has 2 rings (SSSR count). The van der Waals surface area contributed by atoms with Crippen LogP contribution < -0.4 is 20.1 Å². The number of benzene rings is 1. The molecular weight excluding hydrogens is 298 g/mol. The van der Waals surface area contributed by atoms with Gasteiger partial charge >= 0.3 is 6.03 Å². The van der Waals surface area contributed by atoms with Gasteiger partial charge in [0.25, 0.3) is 0 Å². The zero-order chi connectivity index (χ0) is 16.8. The third-order valence-corrected chi connectivity index (χ3v) is 3.32. The molecule has 2 aromatic rings. The molecule has 0 atom stereocenters. The third kappa shape index (κ3) is 4.12. The van der Waals surface area contributed by atoms with Crippen LogP contribution in [-0.2, 0) is 20.0 Å². The molecule has 23 heavy (non-hydrogen) atoms. The molecule has 124 valence electrons. The van der Waals surface area contributed by atoms with Crippen molar-refractivity contribution >= 4 is 12.0 Å². The smallest absolute Gasteiger partial charge is 0.321 e. The fourth-order valence-corrected chi connectivity index (χ4v) is 2.12. The number of nitrogens with one attached hydrogen (secondary N) is 2. The fourth-order valence-electron chi connectivity index (χ4n) is 2.12. The number of carbonyl (C=O) groups excluding carboxylic acids is 1. The van der Waals surface area contributed by atoms with Crippen molar-refractivity contribution < 1.29 is 14.3 Å². The van der Waals surface area contributed by atoms with Crippen molar-refractivity contribution in [3.63, 3.8) is 0 Å². The number of urea groups is 1. The first kappa shape index (κ1) is 16.6. The number of aryl methyl sites for hydroxylation is 2. The van der Waals surface area contributed by atoms with Gasteiger partial charge in [0.2, 0.25) is 5.95 Å². The number of carbonyl (C=O) groups is 1. The van der Waals surface area contributed by atoms with Gasteiger partial charge in [0.1, 0.15) is 17.3 Å². The summed E-state index contributed by atoms with van der Waals surface area (Å²) in [6.07, 6.45) is 0.744. The van der Waals surface area contributed by atoms with Crippen LogP contribution in [0.1, 0.15) is 18.3 Å². The van der Waals surface area contributed by atoms with Crippen LogP contribution in [0.3, 0.4) is 0 Å². The Morgan fingerprint density at radius 3 is 2.70 bits per heavy atom. The monoisotopic (exact) mass is 319 g/mol. The number of ether oxygens (including phenoxy) is 2. The summed E-state index contributed by atoms with van der Waals surface area (Å²) in [6.45, 7) is 2.27. The summed E-state index contributed by atoms with van der Waals surface area (Å²) >= 11 is 0. The average Bonchev–Trinajstić information content (AvgIpc) is 2.91. The maximum absolute atomic E-state index is 12.0. The highest BCUT2D eigenvalue weighted by Gasteiger charge is 2.10. The summed E-state index contributed by atoms with van der Waals surface area (Å²) in [6, 6.07) is 5.02. The molecule has 0 fully saturated rings. The molecule has 8 nitrogen and oxygen atoms in total. The van der Waals surface area contributed by atoms with Gasteiger partial charge in [-0.05, 0) is 18.2 Å². The number of aromatic nitrogens is 3. The van der Waals surface area contributed by atoms with Crippen LogP contribution in [0.25, 0.3) is 0 Å². The Kier molecular flexibility index (Phi) is 5.40. The third-order valence-electron chi connectivity index (χ3n) is 3.32. The first-order valence-electron chi connectivity index (χ1n) is 7.23. The maximum Gasteiger partial charge on any atom is 0.321 e. The molecule has 0 saturated heterocycles. The van der Waals surface area contributed by atoms with Crippen LogP contribution >= 0.6 is 0 Å². The summed E-state index contributed by atoms with van der Waals surface area (Å²) in [7, 11) is 4.95. The fraction of sp³-hybridized carbons (Fsp3) is 0.400. The summed E-state index contributed by atoms with van der Waals surface area (Å²) in [5, 5.41) is 9.48.